The van der Waals surface area contributed by atoms with Crippen molar-refractivity contribution >= 4 is 17.5 Å². The third-order valence-electron chi connectivity index (χ3n) is 5.44. The fourth-order valence-corrected chi connectivity index (χ4v) is 3.53. The van der Waals surface area contributed by atoms with Gasteiger partial charge in [-0.05, 0) is 42.5 Å². The van der Waals surface area contributed by atoms with Gasteiger partial charge in [-0.1, -0.05) is 6.07 Å². The van der Waals surface area contributed by atoms with Gasteiger partial charge in [0, 0.05) is 29.1 Å². The van der Waals surface area contributed by atoms with Gasteiger partial charge in [-0.15, -0.1) is 5.10 Å². The molecule has 0 fully saturated rings. The summed E-state index contributed by atoms with van der Waals surface area (Å²) >= 11 is 0. The minimum Gasteiger partial charge on any atom is -0.497 e. The highest BCUT2D eigenvalue weighted by Crippen LogP contribution is 2.35. The van der Waals surface area contributed by atoms with Crippen LogP contribution in [-0.4, -0.2) is 52.4 Å². The molecule has 2 heterocycles. The molecule has 0 radical (unpaired) electrons. The maximum atomic E-state index is 15.8. The molecule has 1 unspecified atom stereocenters. The number of aromatic amines is 1. The molecule has 2 aromatic heterocycles. The van der Waals surface area contributed by atoms with Crippen LogP contribution in [0.1, 0.15) is 23.0 Å². The number of hydrogen-bond donors (Lipinski definition) is 4. The molecule has 0 aliphatic heterocycles. The molecule has 0 saturated heterocycles. The van der Waals surface area contributed by atoms with Crippen LogP contribution in [0.15, 0.2) is 65.6 Å². The lowest BCUT2D eigenvalue weighted by molar-refractivity contribution is -0.142. The van der Waals surface area contributed by atoms with E-state index in [1.54, 1.807) is 42.5 Å². The Morgan fingerprint density at radius 1 is 1.21 bits per heavy atom. The average Bonchev–Trinajstić information content (AvgIpc) is 3.33. The number of benzene rings is 2. The molecule has 0 amide bonds. The van der Waals surface area contributed by atoms with Crippen molar-refractivity contribution in [2.45, 2.75) is 6.04 Å². The number of H-pyrrole nitrogens is 1. The highest BCUT2D eigenvalue weighted by Gasteiger charge is 2.27. The maximum Gasteiger partial charge on any atom is 0.349 e. The standard InChI is InChI=1S/C25H24FN7O5/c1-36-16-11-17(21(26)18(12-16)38-13-20(34)37-2)22(30-15-8-6-14(7-9-15)23(27)28)24-31-25(35)33(32-24)19-5-3-4-10-29-19/h3-12,22,30H,13H2,1-2H3,(H3,27,28)(H,31,32,35). The van der Waals surface area contributed by atoms with E-state index < -0.39 is 30.1 Å². The van der Waals surface area contributed by atoms with Gasteiger partial charge in [0.05, 0.1) is 14.2 Å². The number of methoxy groups -OCH3 is 2. The fraction of sp³-hybridized carbons (Fsp3) is 0.160. The van der Waals surface area contributed by atoms with E-state index in [1.165, 1.54) is 32.5 Å². The van der Waals surface area contributed by atoms with Crippen molar-refractivity contribution in [1.82, 2.24) is 19.7 Å². The number of amidine groups is 1. The second-order valence-electron chi connectivity index (χ2n) is 7.88. The summed E-state index contributed by atoms with van der Waals surface area (Å²) in [5.74, 6) is -1.35. The number of aromatic nitrogens is 4. The van der Waals surface area contributed by atoms with E-state index in [1.807, 2.05) is 0 Å². The number of esters is 1. The number of rotatable bonds is 10. The van der Waals surface area contributed by atoms with E-state index in [4.69, 9.17) is 20.6 Å². The Hall–Kier alpha value is -5.20. The number of anilines is 1. The van der Waals surface area contributed by atoms with Crippen LogP contribution in [0, 0.1) is 11.2 Å². The molecule has 38 heavy (non-hydrogen) atoms. The summed E-state index contributed by atoms with van der Waals surface area (Å²) in [6.07, 6.45) is 1.51. The molecule has 4 rings (SSSR count). The van der Waals surface area contributed by atoms with Gasteiger partial charge in [0.25, 0.3) is 0 Å². The van der Waals surface area contributed by atoms with Crippen molar-refractivity contribution in [2.75, 3.05) is 26.1 Å². The van der Waals surface area contributed by atoms with Gasteiger partial charge >= 0.3 is 11.7 Å². The van der Waals surface area contributed by atoms with Crippen LogP contribution in [0.4, 0.5) is 10.1 Å². The lowest BCUT2D eigenvalue weighted by Crippen LogP contribution is -2.18. The number of nitrogen functional groups attached to an aromatic ring is 1. The van der Waals surface area contributed by atoms with Crippen LogP contribution in [0.3, 0.4) is 0 Å². The number of carbonyl (C=O) groups is 1. The Balaban J connectivity index is 1.82. The number of hydrogen-bond acceptors (Lipinski definition) is 9. The third-order valence-corrected chi connectivity index (χ3v) is 5.44. The number of ether oxygens (including phenoxy) is 3. The molecular weight excluding hydrogens is 497 g/mol. The number of halogens is 1. The van der Waals surface area contributed by atoms with Gasteiger partial charge < -0.3 is 25.3 Å². The van der Waals surface area contributed by atoms with Gasteiger partial charge in [-0.2, -0.15) is 4.68 Å². The highest BCUT2D eigenvalue weighted by atomic mass is 19.1. The molecule has 0 bridgehead atoms. The lowest BCUT2D eigenvalue weighted by atomic mass is 10.0. The highest BCUT2D eigenvalue weighted by molar-refractivity contribution is 5.95. The molecule has 0 spiro atoms. The van der Waals surface area contributed by atoms with Crippen molar-refractivity contribution in [2.24, 2.45) is 5.73 Å². The summed E-state index contributed by atoms with van der Waals surface area (Å²) in [5, 5.41) is 15.1. The fourth-order valence-electron chi connectivity index (χ4n) is 3.53. The van der Waals surface area contributed by atoms with E-state index in [2.05, 4.69) is 25.1 Å². The Morgan fingerprint density at radius 2 is 1.97 bits per heavy atom. The van der Waals surface area contributed by atoms with Gasteiger partial charge in [0.15, 0.2) is 29.8 Å². The van der Waals surface area contributed by atoms with Crippen molar-refractivity contribution in [3.63, 3.8) is 0 Å². The van der Waals surface area contributed by atoms with Crippen LogP contribution in [0.2, 0.25) is 0 Å². The third kappa shape index (κ3) is 5.61. The monoisotopic (exact) mass is 521 g/mol. The first-order valence-electron chi connectivity index (χ1n) is 11.2. The molecule has 0 saturated carbocycles. The molecule has 12 nitrogen and oxygen atoms in total. The number of nitrogens with zero attached hydrogens (tertiary/aromatic N) is 3. The Labute approximate surface area is 215 Å². The molecule has 1 atom stereocenters. The Bertz CT molecular complexity index is 1500. The molecule has 5 N–H and O–H groups in total. The van der Waals surface area contributed by atoms with Crippen LogP contribution < -0.4 is 26.2 Å². The maximum absolute atomic E-state index is 15.8. The van der Waals surface area contributed by atoms with Crippen molar-refractivity contribution < 1.29 is 23.4 Å². The minimum absolute atomic E-state index is 0.00165. The molecule has 0 aliphatic rings. The summed E-state index contributed by atoms with van der Waals surface area (Å²) < 4.78 is 32.1. The molecule has 0 aliphatic carbocycles. The quantitative estimate of drug-likeness (QED) is 0.139. The zero-order valence-electron chi connectivity index (χ0n) is 20.4. The molecular formula is C25H24FN7O5. The van der Waals surface area contributed by atoms with Crippen LogP contribution in [-0.2, 0) is 9.53 Å². The topological polar surface area (TPSA) is 170 Å². The van der Waals surface area contributed by atoms with E-state index in [0.717, 1.165) is 4.68 Å². The van der Waals surface area contributed by atoms with Crippen molar-refractivity contribution in [3.8, 4) is 17.3 Å². The van der Waals surface area contributed by atoms with Gasteiger partial charge in [-0.3, -0.25) is 10.4 Å². The van der Waals surface area contributed by atoms with Crippen LogP contribution >= 0.6 is 0 Å². The number of nitrogens with two attached hydrogens (primary N) is 1. The van der Waals surface area contributed by atoms with E-state index in [-0.39, 0.29) is 34.5 Å². The normalized spacial score (nSPS) is 11.4. The van der Waals surface area contributed by atoms with Gasteiger partial charge in [0.1, 0.15) is 17.6 Å². The van der Waals surface area contributed by atoms with Gasteiger partial charge in [-0.25, -0.2) is 19.0 Å². The van der Waals surface area contributed by atoms with Crippen LogP contribution in [0.25, 0.3) is 5.82 Å². The average molecular weight is 522 g/mol. The molecule has 196 valence electrons. The number of carbonyl (C=O) groups excluding carboxylic acids is 1. The predicted octanol–water partition coefficient (Wildman–Crippen LogP) is 2.14. The Kier molecular flexibility index (Phi) is 7.66. The smallest absolute Gasteiger partial charge is 0.349 e. The summed E-state index contributed by atoms with van der Waals surface area (Å²) in [6.45, 7) is -0.532. The van der Waals surface area contributed by atoms with Crippen molar-refractivity contribution in [1.29, 1.82) is 5.41 Å². The SMILES string of the molecule is COC(=O)COc1cc(OC)cc(C(Nc2ccc(C(=N)N)cc2)c2nn(-c3ccccn3)c(=O)[nH]2)c1F. The van der Waals surface area contributed by atoms with E-state index in [9.17, 15) is 9.59 Å². The number of pyridine rings is 1. The summed E-state index contributed by atoms with van der Waals surface area (Å²) in [7, 11) is 2.58. The van der Waals surface area contributed by atoms with E-state index in [0.29, 0.717) is 11.3 Å². The second-order valence-corrected chi connectivity index (χ2v) is 7.88. The molecule has 13 heteroatoms. The zero-order chi connectivity index (χ0) is 27.2. The van der Waals surface area contributed by atoms with Crippen molar-refractivity contribution in [3.05, 3.63) is 94.0 Å². The molecule has 2 aromatic carbocycles. The minimum atomic E-state index is -1.06. The Morgan fingerprint density at radius 3 is 2.61 bits per heavy atom. The second kappa shape index (κ2) is 11.2. The first kappa shape index (κ1) is 25.9. The molecule has 4 aromatic rings. The summed E-state index contributed by atoms with van der Waals surface area (Å²) in [5.41, 5.74) is 5.95. The number of nitrogens with one attached hydrogen (secondary N) is 3. The summed E-state index contributed by atoms with van der Waals surface area (Å²) in [4.78, 5) is 31.2. The van der Waals surface area contributed by atoms with Gasteiger partial charge in [0.2, 0.25) is 0 Å². The first-order valence-corrected chi connectivity index (χ1v) is 11.2. The first-order chi connectivity index (χ1) is 18.3. The van der Waals surface area contributed by atoms with E-state index >= 15 is 4.39 Å². The predicted molar refractivity (Wildman–Crippen MR) is 135 cm³/mol. The van der Waals surface area contributed by atoms with Crippen LogP contribution in [0.5, 0.6) is 11.5 Å². The summed E-state index contributed by atoms with van der Waals surface area (Å²) in [6, 6.07) is 13.1. The zero-order valence-corrected chi connectivity index (χ0v) is 20.4. The largest absolute Gasteiger partial charge is 0.497 e. The lowest BCUT2D eigenvalue weighted by Gasteiger charge is -2.21.